The summed E-state index contributed by atoms with van der Waals surface area (Å²) in [6.45, 7) is 10.9. The van der Waals surface area contributed by atoms with Crippen molar-refractivity contribution in [2.45, 2.75) is 59.6 Å². The summed E-state index contributed by atoms with van der Waals surface area (Å²) in [6, 6.07) is 6.09. The van der Waals surface area contributed by atoms with E-state index in [1.54, 1.807) is 0 Å². The van der Waals surface area contributed by atoms with E-state index in [4.69, 9.17) is 4.74 Å². The van der Waals surface area contributed by atoms with Gasteiger partial charge in [0.2, 0.25) is 5.88 Å². The average Bonchev–Trinajstić information content (AvgIpc) is 2.43. The second-order valence-electron chi connectivity index (χ2n) is 7.00. The number of hydrogen-bond donors (Lipinski definition) is 1. The van der Waals surface area contributed by atoms with Gasteiger partial charge in [0.15, 0.2) is 0 Å². The van der Waals surface area contributed by atoms with Crippen LogP contribution in [0.5, 0.6) is 5.88 Å². The monoisotopic (exact) mass is 290 g/mol. The Balaban J connectivity index is 1.86. The average molecular weight is 290 g/mol. The highest BCUT2D eigenvalue weighted by Crippen LogP contribution is 2.31. The molecular formula is C18H30N2O. The molecule has 1 aromatic rings. The highest BCUT2D eigenvalue weighted by atomic mass is 16.5. The van der Waals surface area contributed by atoms with Gasteiger partial charge in [0.25, 0.3) is 0 Å². The van der Waals surface area contributed by atoms with Crippen molar-refractivity contribution in [1.29, 1.82) is 0 Å². The highest BCUT2D eigenvalue weighted by Gasteiger charge is 2.25. The molecule has 1 aromatic heterocycles. The van der Waals surface area contributed by atoms with E-state index in [0.29, 0.717) is 12.0 Å². The van der Waals surface area contributed by atoms with E-state index in [-0.39, 0.29) is 0 Å². The van der Waals surface area contributed by atoms with E-state index in [1.165, 1.54) is 6.42 Å². The molecule has 1 saturated carbocycles. The molecule has 21 heavy (non-hydrogen) atoms. The van der Waals surface area contributed by atoms with E-state index in [9.17, 15) is 0 Å². The molecule has 2 rings (SSSR count). The van der Waals surface area contributed by atoms with Crippen LogP contribution in [0.1, 0.15) is 52.7 Å². The number of pyridine rings is 1. The predicted octanol–water partition coefficient (Wildman–Crippen LogP) is 4.03. The summed E-state index contributed by atoms with van der Waals surface area (Å²) in [7, 11) is 0. The van der Waals surface area contributed by atoms with Crippen LogP contribution < -0.4 is 10.1 Å². The Bertz CT molecular complexity index is 433. The molecule has 1 N–H and O–H groups in total. The summed E-state index contributed by atoms with van der Waals surface area (Å²) in [5.74, 6) is 3.02. The fraction of sp³-hybridized carbons (Fsp3) is 0.722. The standard InChI is InChI=1S/C18H30N2O/c1-13(2)11-19-12-16-6-5-7-18(20-16)21-17-9-8-14(3)15(4)10-17/h5-7,13-15,17,19H,8-12H2,1-4H3. The highest BCUT2D eigenvalue weighted by molar-refractivity contribution is 5.16. The maximum atomic E-state index is 6.10. The van der Waals surface area contributed by atoms with Gasteiger partial charge in [-0.25, -0.2) is 4.98 Å². The van der Waals surface area contributed by atoms with Crippen LogP contribution in [0.15, 0.2) is 18.2 Å². The van der Waals surface area contributed by atoms with Crippen molar-refractivity contribution in [3.8, 4) is 5.88 Å². The molecule has 118 valence electrons. The maximum absolute atomic E-state index is 6.10. The van der Waals surface area contributed by atoms with Crippen LogP contribution >= 0.6 is 0 Å². The van der Waals surface area contributed by atoms with Gasteiger partial charge < -0.3 is 10.1 Å². The topological polar surface area (TPSA) is 34.1 Å². The second kappa shape index (κ2) is 7.79. The van der Waals surface area contributed by atoms with Gasteiger partial charge in [-0.2, -0.15) is 0 Å². The van der Waals surface area contributed by atoms with E-state index in [2.05, 4.69) is 44.1 Å². The Labute approximate surface area is 129 Å². The van der Waals surface area contributed by atoms with Crippen LogP contribution in [-0.2, 0) is 6.54 Å². The van der Waals surface area contributed by atoms with Gasteiger partial charge in [0.1, 0.15) is 6.10 Å². The van der Waals surface area contributed by atoms with Crippen molar-refractivity contribution in [2.75, 3.05) is 6.54 Å². The maximum Gasteiger partial charge on any atom is 0.213 e. The summed E-state index contributed by atoms with van der Waals surface area (Å²) < 4.78 is 6.10. The molecule has 1 heterocycles. The molecule has 0 aromatic carbocycles. The first kappa shape index (κ1) is 16.3. The van der Waals surface area contributed by atoms with Gasteiger partial charge in [0.05, 0.1) is 5.69 Å². The Morgan fingerprint density at radius 3 is 2.76 bits per heavy atom. The Kier molecular flexibility index (Phi) is 6.04. The Morgan fingerprint density at radius 1 is 1.24 bits per heavy atom. The number of rotatable bonds is 6. The smallest absolute Gasteiger partial charge is 0.213 e. The summed E-state index contributed by atoms with van der Waals surface area (Å²) in [4.78, 5) is 4.62. The van der Waals surface area contributed by atoms with Gasteiger partial charge in [0, 0.05) is 12.6 Å². The van der Waals surface area contributed by atoms with Crippen LogP contribution in [0.4, 0.5) is 0 Å². The molecule has 3 nitrogen and oxygen atoms in total. The largest absolute Gasteiger partial charge is 0.474 e. The number of nitrogens with one attached hydrogen (secondary N) is 1. The molecule has 1 aliphatic carbocycles. The van der Waals surface area contributed by atoms with Gasteiger partial charge in [-0.3, -0.25) is 0 Å². The summed E-state index contributed by atoms with van der Waals surface area (Å²) in [6.07, 6.45) is 3.91. The number of nitrogens with zero attached hydrogens (tertiary/aromatic N) is 1. The molecule has 0 bridgehead atoms. The molecule has 0 radical (unpaired) electrons. The minimum absolute atomic E-state index is 0.336. The molecule has 1 fully saturated rings. The van der Waals surface area contributed by atoms with Gasteiger partial charge in [-0.15, -0.1) is 0 Å². The van der Waals surface area contributed by atoms with Gasteiger partial charge in [-0.05, 0) is 49.6 Å². The van der Waals surface area contributed by atoms with Crippen molar-refractivity contribution in [3.63, 3.8) is 0 Å². The van der Waals surface area contributed by atoms with Crippen LogP contribution in [-0.4, -0.2) is 17.6 Å². The van der Waals surface area contributed by atoms with Crippen LogP contribution in [0, 0.1) is 17.8 Å². The van der Waals surface area contributed by atoms with Crippen LogP contribution in [0.2, 0.25) is 0 Å². The third-order valence-electron chi connectivity index (χ3n) is 4.48. The number of hydrogen-bond acceptors (Lipinski definition) is 3. The molecule has 0 spiro atoms. The van der Waals surface area contributed by atoms with E-state index < -0.39 is 0 Å². The quantitative estimate of drug-likeness (QED) is 0.859. The zero-order valence-corrected chi connectivity index (χ0v) is 13.9. The normalized spacial score (nSPS) is 26.0. The SMILES string of the molecule is CC(C)CNCc1cccc(OC2CCC(C)C(C)C2)n1. The fourth-order valence-electron chi connectivity index (χ4n) is 2.89. The van der Waals surface area contributed by atoms with Crippen molar-refractivity contribution in [3.05, 3.63) is 23.9 Å². The molecule has 3 atom stereocenters. The summed E-state index contributed by atoms with van der Waals surface area (Å²) in [5.41, 5.74) is 1.06. The second-order valence-corrected chi connectivity index (χ2v) is 7.00. The molecule has 3 unspecified atom stereocenters. The minimum Gasteiger partial charge on any atom is -0.474 e. The predicted molar refractivity (Wildman–Crippen MR) is 87.4 cm³/mol. The molecule has 3 heteroatoms. The zero-order valence-electron chi connectivity index (χ0n) is 13.9. The third kappa shape index (κ3) is 5.31. The van der Waals surface area contributed by atoms with Gasteiger partial charge in [-0.1, -0.05) is 33.8 Å². The molecule has 0 aliphatic heterocycles. The number of aromatic nitrogens is 1. The number of ether oxygens (including phenoxy) is 1. The lowest BCUT2D eigenvalue weighted by Gasteiger charge is -2.31. The lowest BCUT2D eigenvalue weighted by Crippen LogP contribution is -2.29. The van der Waals surface area contributed by atoms with E-state index >= 15 is 0 Å². The summed E-state index contributed by atoms with van der Waals surface area (Å²) in [5, 5.41) is 3.43. The van der Waals surface area contributed by atoms with Crippen molar-refractivity contribution >= 4 is 0 Å². The molecular weight excluding hydrogens is 260 g/mol. The molecule has 0 amide bonds. The lowest BCUT2D eigenvalue weighted by atomic mass is 9.80. The van der Waals surface area contributed by atoms with E-state index in [1.807, 2.05) is 12.1 Å². The first-order valence-corrected chi connectivity index (χ1v) is 8.38. The summed E-state index contributed by atoms with van der Waals surface area (Å²) >= 11 is 0. The van der Waals surface area contributed by atoms with Crippen molar-refractivity contribution in [1.82, 2.24) is 10.3 Å². The molecule has 1 aliphatic rings. The lowest BCUT2D eigenvalue weighted by molar-refractivity contribution is 0.0962. The van der Waals surface area contributed by atoms with E-state index in [0.717, 1.165) is 49.3 Å². The van der Waals surface area contributed by atoms with Crippen LogP contribution in [0.3, 0.4) is 0 Å². The van der Waals surface area contributed by atoms with Crippen molar-refractivity contribution in [2.24, 2.45) is 17.8 Å². The fourth-order valence-corrected chi connectivity index (χ4v) is 2.89. The van der Waals surface area contributed by atoms with Crippen LogP contribution in [0.25, 0.3) is 0 Å². The Morgan fingerprint density at radius 2 is 2.05 bits per heavy atom. The minimum atomic E-state index is 0.336. The van der Waals surface area contributed by atoms with Gasteiger partial charge >= 0.3 is 0 Å². The Hall–Kier alpha value is -1.09. The molecule has 0 saturated heterocycles. The first-order chi connectivity index (χ1) is 10.0. The zero-order chi connectivity index (χ0) is 15.2. The van der Waals surface area contributed by atoms with Crippen molar-refractivity contribution < 1.29 is 4.74 Å². The third-order valence-corrected chi connectivity index (χ3v) is 4.48. The first-order valence-electron chi connectivity index (χ1n) is 8.38.